The minimum Gasteiger partial charge on any atom is -0.371 e. The molecule has 0 spiro atoms. The molecule has 0 aliphatic carbocycles. The van der Waals surface area contributed by atoms with Gasteiger partial charge in [-0.3, -0.25) is 4.90 Å². The summed E-state index contributed by atoms with van der Waals surface area (Å²) in [5.41, 5.74) is 0.876. The predicted molar refractivity (Wildman–Crippen MR) is 81.5 cm³/mol. The van der Waals surface area contributed by atoms with E-state index in [4.69, 9.17) is 0 Å². The van der Waals surface area contributed by atoms with Crippen molar-refractivity contribution in [3.63, 3.8) is 0 Å². The molecule has 1 atom stereocenters. The molecule has 2 heterocycles. The van der Waals surface area contributed by atoms with E-state index in [-0.39, 0.29) is 12.6 Å². The number of hydrogen-bond acceptors (Lipinski definition) is 5. The monoisotopic (exact) mass is 332 g/mol. The number of halogens is 3. The fourth-order valence-corrected chi connectivity index (χ4v) is 2.66. The van der Waals surface area contributed by atoms with Crippen LogP contribution in [0.15, 0.2) is 12.1 Å². The van der Waals surface area contributed by atoms with Gasteiger partial charge in [-0.1, -0.05) is 0 Å². The quantitative estimate of drug-likeness (QED) is 0.748. The fourth-order valence-electron chi connectivity index (χ4n) is 2.66. The number of nitrogens with zero attached hydrogens (tertiary/aromatic N) is 4. The molecule has 1 aromatic rings. The molecule has 1 aliphatic rings. The molecular weight excluding hydrogens is 309 g/mol. The van der Waals surface area contributed by atoms with E-state index in [1.165, 1.54) is 0 Å². The Kier molecular flexibility index (Phi) is 6.17. The fraction of sp³-hybridized carbons (Fsp3) is 0.733. The molecule has 1 saturated heterocycles. The van der Waals surface area contributed by atoms with E-state index in [9.17, 15) is 13.2 Å². The average Bonchev–Trinajstić information content (AvgIpc) is 2.51. The van der Waals surface area contributed by atoms with Gasteiger partial charge in [0, 0.05) is 25.7 Å². The number of piperidine rings is 1. The number of ether oxygens (including phenoxy) is 1. The van der Waals surface area contributed by atoms with Crippen molar-refractivity contribution in [2.45, 2.75) is 32.0 Å². The first-order chi connectivity index (χ1) is 10.8. The van der Waals surface area contributed by atoms with Crippen molar-refractivity contribution in [3.8, 4) is 0 Å². The van der Waals surface area contributed by atoms with Gasteiger partial charge in [-0.15, -0.1) is 5.10 Å². The van der Waals surface area contributed by atoms with Crippen molar-refractivity contribution in [2.75, 3.05) is 44.8 Å². The lowest BCUT2D eigenvalue weighted by atomic mass is 10.0. The Balaban J connectivity index is 1.79. The van der Waals surface area contributed by atoms with E-state index in [0.29, 0.717) is 6.54 Å². The van der Waals surface area contributed by atoms with E-state index in [0.717, 1.165) is 37.4 Å². The van der Waals surface area contributed by atoms with E-state index in [1.807, 2.05) is 26.1 Å². The largest absolute Gasteiger partial charge is 0.411 e. The number of likely N-dealkylation sites (N-methyl/N-ethyl adjacent to an activating group) is 1. The summed E-state index contributed by atoms with van der Waals surface area (Å²) in [6.45, 7) is 2.99. The molecule has 0 N–H and O–H groups in total. The van der Waals surface area contributed by atoms with Crippen molar-refractivity contribution < 1.29 is 17.9 Å². The third-order valence-corrected chi connectivity index (χ3v) is 3.98. The zero-order valence-electron chi connectivity index (χ0n) is 13.5. The molecule has 0 amide bonds. The van der Waals surface area contributed by atoms with E-state index >= 15 is 0 Å². The maximum absolute atomic E-state index is 12.0. The minimum atomic E-state index is -4.26. The van der Waals surface area contributed by atoms with Crippen LogP contribution in [-0.4, -0.2) is 67.2 Å². The number of rotatable bonds is 6. The summed E-state index contributed by atoms with van der Waals surface area (Å²) in [4.78, 5) is 4.23. The van der Waals surface area contributed by atoms with Gasteiger partial charge in [0.1, 0.15) is 6.61 Å². The number of alkyl halides is 3. The van der Waals surface area contributed by atoms with Crippen LogP contribution in [0.1, 0.15) is 18.5 Å². The van der Waals surface area contributed by atoms with Crippen LogP contribution >= 0.6 is 0 Å². The van der Waals surface area contributed by atoms with E-state index in [2.05, 4.69) is 24.7 Å². The maximum Gasteiger partial charge on any atom is 0.411 e. The molecule has 0 saturated carbocycles. The zero-order valence-corrected chi connectivity index (χ0v) is 13.5. The highest BCUT2D eigenvalue weighted by Crippen LogP contribution is 2.20. The summed E-state index contributed by atoms with van der Waals surface area (Å²) in [7, 11) is 1.92. The lowest BCUT2D eigenvalue weighted by Gasteiger charge is -2.38. The summed E-state index contributed by atoms with van der Waals surface area (Å²) in [5.74, 6) is 0.849. The van der Waals surface area contributed by atoms with Crippen LogP contribution in [-0.2, 0) is 4.74 Å². The van der Waals surface area contributed by atoms with Crippen molar-refractivity contribution in [1.82, 2.24) is 15.1 Å². The average molecular weight is 332 g/mol. The van der Waals surface area contributed by atoms with Crippen LogP contribution in [0.25, 0.3) is 0 Å². The summed E-state index contributed by atoms with van der Waals surface area (Å²) >= 11 is 0. The standard InChI is InChI=1S/C15H23F3N4O/c1-12-5-6-14(20-19-12)22-7-3-4-13(10-22)21(2)8-9-23-11-15(16,17)18/h5-6,13H,3-4,7-11H2,1-2H3. The Labute approximate surface area is 134 Å². The molecule has 130 valence electrons. The number of anilines is 1. The van der Waals surface area contributed by atoms with E-state index in [1.54, 1.807) is 0 Å². The maximum atomic E-state index is 12.0. The Bertz CT molecular complexity index is 481. The third-order valence-electron chi connectivity index (χ3n) is 3.98. The van der Waals surface area contributed by atoms with Gasteiger partial charge in [-0.2, -0.15) is 18.3 Å². The lowest BCUT2D eigenvalue weighted by Crippen LogP contribution is -2.47. The number of aryl methyl sites for hydroxylation is 1. The Hall–Kier alpha value is -1.41. The molecule has 8 heteroatoms. The Morgan fingerprint density at radius 3 is 2.78 bits per heavy atom. The molecule has 23 heavy (non-hydrogen) atoms. The molecule has 0 aromatic carbocycles. The summed E-state index contributed by atoms with van der Waals surface area (Å²) in [6.07, 6.45) is -2.22. The van der Waals surface area contributed by atoms with Gasteiger partial charge in [-0.25, -0.2) is 0 Å². The minimum absolute atomic E-state index is 0.0802. The van der Waals surface area contributed by atoms with Gasteiger partial charge >= 0.3 is 6.18 Å². The zero-order chi connectivity index (χ0) is 16.9. The topological polar surface area (TPSA) is 41.5 Å². The van der Waals surface area contributed by atoms with Gasteiger partial charge in [0.2, 0.25) is 0 Å². The second kappa shape index (κ2) is 7.92. The second-order valence-corrected chi connectivity index (χ2v) is 5.92. The smallest absolute Gasteiger partial charge is 0.371 e. The Morgan fingerprint density at radius 1 is 1.35 bits per heavy atom. The molecule has 1 fully saturated rings. The van der Waals surface area contributed by atoms with Crippen molar-refractivity contribution in [1.29, 1.82) is 0 Å². The van der Waals surface area contributed by atoms with Crippen molar-refractivity contribution in [3.05, 3.63) is 17.8 Å². The van der Waals surface area contributed by atoms with Crippen LogP contribution in [0.2, 0.25) is 0 Å². The first-order valence-electron chi connectivity index (χ1n) is 7.75. The number of hydrogen-bond donors (Lipinski definition) is 0. The lowest BCUT2D eigenvalue weighted by molar-refractivity contribution is -0.174. The molecule has 1 unspecified atom stereocenters. The van der Waals surface area contributed by atoms with Crippen LogP contribution in [0.4, 0.5) is 19.0 Å². The highest BCUT2D eigenvalue weighted by atomic mass is 19.4. The van der Waals surface area contributed by atoms with E-state index < -0.39 is 12.8 Å². The summed E-state index contributed by atoms with van der Waals surface area (Å²) < 4.78 is 40.8. The molecule has 1 aromatic heterocycles. The molecule has 1 aliphatic heterocycles. The third kappa shape index (κ3) is 5.95. The molecular formula is C15H23F3N4O. The number of aromatic nitrogens is 2. The highest BCUT2D eigenvalue weighted by Gasteiger charge is 2.28. The van der Waals surface area contributed by atoms with Gasteiger partial charge < -0.3 is 9.64 Å². The van der Waals surface area contributed by atoms with Crippen LogP contribution in [0, 0.1) is 6.92 Å². The van der Waals surface area contributed by atoms with Crippen LogP contribution in [0.5, 0.6) is 0 Å². The van der Waals surface area contributed by atoms with Crippen molar-refractivity contribution in [2.24, 2.45) is 0 Å². The predicted octanol–water partition coefficient (Wildman–Crippen LogP) is 2.26. The normalized spacial score (nSPS) is 19.4. The van der Waals surface area contributed by atoms with Gasteiger partial charge in [0.25, 0.3) is 0 Å². The highest BCUT2D eigenvalue weighted by molar-refractivity contribution is 5.38. The first-order valence-corrected chi connectivity index (χ1v) is 7.75. The second-order valence-electron chi connectivity index (χ2n) is 5.92. The summed E-state index contributed by atoms with van der Waals surface area (Å²) in [6, 6.07) is 4.17. The van der Waals surface area contributed by atoms with Crippen molar-refractivity contribution >= 4 is 5.82 Å². The van der Waals surface area contributed by atoms with Gasteiger partial charge in [0.15, 0.2) is 5.82 Å². The molecule has 0 radical (unpaired) electrons. The SMILES string of the molecule is Cc1ccc(N2CCCC(N(C)CCOCC(F)(F)F)C2)nn1. The Morgan fingerprint density at radius 2 is 2.13 bits per heavy atom. The first kappa shape index (κ1) is 17.9. The van der Waals surface area contributed by atoms with Crippen LogP contribution in [0.3, 0.4) is 0 Å². The molecule has 5 nitrogen and oxygen atoms in total. The van der Waals surface area contributed by atoms with Crippen LogP contribution < -0.4 is 4.90 Å². The van der Waals surface area contributed by atoms with Gasteiger partial charge in [-0.05, 0) is 38.9 Å². The van der Waals surface area contributed by atoms with Gasteiger partial charge in [0.05, 0.1) is 12.3 Å². The summed E-state index contributed by atoms with van der Waals surface area (Å²) in [5, 5.41) is 8.28. The molecule has 2 rings (SSSR count). The molecule has 0 bridgehead atoms.